The summed E-state index contributed by atoms with van der Waals surface area (Å²) >= 11 is 0. The van der Waals surface area contributed by atoms with Crippen LogP contribution in [0.3, 0.4) is 0 Å². The molecule has 14 heavy (non-hydrogen) atoms. The Morgan fingerprint density at radius 1 is 1.43 bits per heavy atom. The van der Waals surface area contributed by atoms with Gasteiger partial charge in [-0.3, -0.25) is 0 Å². The Morgan fingerprint density at radius 3 is 2.64 bits per heavy atom. The number of carboxylic acid groups (broad SMARTS) is 1. The Balaban J connectivity index is 1.99. The van der Waals surface area contributed by atoms with Crippen molar-refractivity contribution in [1.29, 1.82) is 0 Å². The third-order valence-corrected chi connectivity index (χ3v) is 2.46. The zero-order valence-corrected chi connectivity index (χ0v) is 7.60. The van der Waals surface area contributed by atoms with Crippen LogP contribution in [-0.2, 0) is 0 Å². The first-order valence-corrected chi connectivity index (χ1v) is 4.51. The fourth-order valence-corrected chi connectivity index (χ4v) is 1.62. The average molecular weight is 192 g/mol. The summed E-state index contributed by atoms with van der Waals surface area (Å²) in [6, 6.07) is 7.65. The number of hydrogen-bond donors (Lipinski definition) is 3. The van der Waals surface area contributed by atoms with Crippen LogP contribution in [0.15, 0.2) is 24.3 Å². The van der Waals surface area contributed by atoms with Crippen molar-refractivity contribution in [3.63, 3.8) is 0 Å². The van der Waals surface area contributed by atoms with Gasteiger partial charge >= 0.3 is 6.09 Å². The highest BCUT2D eigenvalue weighted by Gasteiger charge is 2.39. The van der Waals surface area contributed by atoms with Crippen molar-refractivity contribution in [2.75, 3.05) is 5.73 Å². The number of nitrogens with one attached hydrogen (secondary N) is 1. The summed E-state index contributed by atoms with van der Waals surface area (Å²) in [7, 11) is 0. The summed E-state index contributed by atoms with van der Waals surface area (Å²) in [4.78, 5) is 10.3. The molecule has 0 unspecified atom stereocenters. The van der Waals surface area contributed by atoms with Gasteiger partial charge in [0.1, 0.15) is 0 Å². The summed E-state index contributed by atoms with van der Waals surface area (Å²) in [6.45, 7) is 0. The van der Waals surface area contributed by atoms with Gasteiger partial charge in [-0.1, -0.05) is 12.1 Å². The molecule has 0 heterocycles. The molecule has 1 aliphatic carbocycles. The summed E-state index contributed by atoms with van der Waals surface area (Å²) in [5.41, 5.74) is 7.44. The van der Waals surface area contributed by atoms with E-state index in [9.17, 15) is 4.79 Å². The second-order valence-electron chi connectivity index (χ2n) is 3.56. The van der Waals surface area contributed by atoms with Gasteiger partial charge in [0.2, 0.25) is 0 Å². The zero-order chi connectivity index (χ0) is 10.1. The predicted molar refractivity (Wildman–Crippen MR) is 53.2 cm³/mol. The van der Waals surface area contributed by atoms with Gasteiger partial charge in [0.05, 0.1) is 0 Å². The fraction of sp³-hybridized carbons (Fsp3) is 0.300. The second-order valence-corrected chi connectivity index (χ2v) is 3.56. The van der Waals surface area contributed by atoms with E-state index < -0.39 is 6.09 Å². The number of nitrogen functional groups attached to an aromatic ring is 1. The Hall–Kier alpha value is -1.71. The van der Waals surface area contributed by atoms with Crippen LogP contribution in [0.4, 0.5) is 10.5 Å². The van der Waals surface area contributed by atoms with E-state index in [0.717, 1.165) is 17.7 Å². The SMILES string of the molecule is Nc1ccc([C@@H]2C[C@H]2NC(=O)O)cc1. The van der Waals surface area contributed by atoms with Crippen LogP contribution < -0.4 is 11.1 Å². The van der Waals surface area contributed by atoms with Gasteiger partial charge in [-0.15, -0.1) is 0 Å². The monoisotopic (exact) mass is 192 g/mol. The summed E-state index contributed by atoms with van der Waals surface area (Å²) < 4.78 is 0. The highest BCUT2D eigenvalue weighted by molar-refractivity contribution is 5.66. The van der Waals surface area contributed by atoms with E-state index in [-0.39, 0.29) is 6.04 Å². The molecular weight excluding hydrogens is 180 g/mol. The molecule has 4 nitrogen and oxygen atoms in total. The second kappa shape index (κ2) is 3.21. The quantitative estimate of drug-likeness (QED) is 0.620. The van der Waals surface area contributed by atoms with Crippen molar-refractivity contribution in [3.05, 3.63) is 29.8 Å². The minimum atomic E-state index is -0.951. The van der Waals surface area contributed by atoms with E-state index >= 15 is 0 Å². The van der Waals surface area contributed by atoms with Crippen LogP contribution in [0.25, 0.3) is 0 Å². The first kappa shape index (κ1) is 8.87. The summed E-state index contributed by atoms with van der Waals surface area (Å²) in [5.74, 6) is 0.326. The molecule has 1 saturated carbocycles. The number of anilines is 1. The number of rotatable bonds is 2. The van der Waals surface area contributed by atoms with Gasteiger partial charge in [-0.2, -0.15) is 0 Å². The number of nitrogens with two attached hydrogens (primary N) is 1. The van der Waals surface area contributed by atoms with Crippen LogP contribution in [-0.4, -0.2) is 17.2 Å². The first-order chi connectivity index (χ1) is 6.66. The zero-order valence-electron chi connectivity index (χ0n) is 7.60. The van der Waals surface area contributed by atoms with E-state index in [0.29, 0.717) is 5.92 Å². The molecule has 0 radical (unpaired) electrons. The fourth-order valence-electron chi connectivity index (χ4n) is 1.62. The molecule has 0 saturated heterocycles. The molecule has 0 aromatic heterocycles. The van der Waals surface area contributed by atoms with Gasteiger partial charge in [0.15, 0.2) is 0 Å². The van der Waals surface area contributed by atoms with Gasteiger partial charge in [0.25, 0.3) is 0 Å². The molecule has 1 aliphatic rings. The lowest BCUT2D eigenvalue weighted by molar-refractivity contribution is 0.193. The molecule has 1 aromatic rings. The Bertz CT molecular complexity index is 348. The predicted octanol–water partition coefficient (Wildman–Crippen LogP) is 1.39. The molecule has 4 heteroatoms. The lowest BCUT2D eigenvalue weighted by atomic mass is 10.1. The lowest BCUT2D eigenvalue weighted by Crippen LogP contribution is -2.24. The maximum Gasteiger partial charge on any atom is 0.404 e. The van der Waals surface area contributed by atoms with Crippen molar-refractivity contribution < 1.29 is 9.90 Å². The van der Waals surface area contributed by atoms with Crippen LogP contribution in [0.1, 0.15) is 17.9 Å². The molecule has 4 N–H and O–H groups in total. The standard InChI is InChI=1S/C10H12N2O2/c11-7-3-1-6(2-4-7)8-5-9(8)12-10(13)14/h1-4,8-9,12H,5,11H2,(H,13,14)/t8-,9+/m0/s1. The smallest absolute Gasteiger partial charge is 0.404 e. The van der Waals surface area contributed by atoms with E-state index in [2.05, 4.69) is 5.32 Å². The summed E-state index contributed by atoms with van der Waals surface area (Å²) in [5, 5.41) is 11.0. The third kappa shape index (κ3) is 1.79. The van der Waals surface area contributed by atoms with E-state index in [1.165, 1.54) is 0 Å². The minimum absolute atomic E-state index is 0.0797. The van der Waals surface area contributed by atoms with Crippen molar-refractivity contribution in [2.45, 2.75) is 18.4 Å². The first-order valence-electron chi connectivity index (χ1n) is 4.51. The number of amides is 1. The molecule has 1 aromatic carbocycles. The van der Waals surface area contributed by atoms with Crippen molar-refractivity contribution in [1.82, 2.24) is 5.32 Å². The van der Waals surface area contributed by atoms with Crippen molar-refractivity contribution in [3.8, 4) is 0 Å². The van der Waals surface area contributed by atoms with Gasteiger partial charge < -0.3 is 16.2 Å². The maximum atomic E-state index is 10.3. The van der Waals surface area contributed by atoms with E-state index in [4.69, 9.17) is 10.8 Å². The topological polar surface area (TPSA) is 75.3 Å². The Morgan fingerprint density at radius 2 is 2.07 bits per heavy atom. The van der Waals surface area contributed by atoms with E-state index in [1.54, 1.807) is 0 Å². The molecule has 1 amide bonds. The molecule has 0 spiro atoms. The Labute approximate surface area is 81.7 Å². The number of hydrogen-bond acceptors (Lipinski definition) is 2. The normalized spacial score (nSPS) is 24.3. The molecule has 2 atom stereocenters. The van der Waals surface area contributed by atoms with Crippen molar-refractivity contribution in [2.24, 2.45) is 0 Å². The van der Waals surface area contributed by atoms with Gasteiger partial charge in [-0.05, 0) is 24.1 Å². The maximum absolute atomic E-state index is 10.3. The Kier molecular flexibility index (Phi) is 2.04. The number of benzene rings is 1. The minimum Gasteiger partial charge on any atom is -0.465 e. The van der Waals surface area contributed by atoms with Crippen LogP contribution >= 0.6 is 0 Å². The third-order valence-electron chi connectivity index (χ3n) is 2.46. The van der Waals surface area contributed by atoms with Crippen molar-refractivity contribution >= 4 is 11.8 Å². The highest BCUT2D eigenvalue weighted by atomic mass is 16.4. The largest absolute Gasteiger partial charge is 0.465 e. The highest BCUT2D eigenvalue weighted by Crippen LogP contribution is 2.40. The summed E-state index contributed by atoms with van der Waals surface area (Å²) in [6.07, 6.45) is -0.0658. The lowest BCUT2D eigenvalue weighted by Gasteiger charge is -2.01. The van der Waals surface area contributed by atoms with Crippen LogP contribution in [0.5, 0.6) is 0 Å². The van der Waals surface area contributed by atoms with E-state index in [1.807, 2.05) is 24.3 Å². The van der Waals surface area contributed by atoms with Crippen LogP contribution in [0, 0.1) is 0 Å². The molecular formula is C10H12N2O2. The van der Waals surface area contributed by atoms with Crippen LogP contribution in [0.2, 0.25) is 0 Å². The average Bonchev–Trinajstić information content (AvgIpc) is 2.84. The van der Waals surface area contributed by atoms with Gasteiger partial charge in [0, 0.05) is 17.6 Å². The number of carbonyl (C=O) groups is 1. The molecule has 0 bridgehead atoms. The molecule has 74 valence electrons. The molecule has 2 rings (SSSR count). The molecule has 1 fully saturated rings. The molecule has 0 aliphatic heterocycles. The van der Waals surface area contributed by atoms with Gasteiger partial charge in [-0.25, -0.2) is 4.79 Å².